The Morgan fingerprint density at radius 1 is 1.37 bits per heavy atom. The van der Waals surface area contributed by atoms with Crippen LogP contribution in [-0.2, 0) is 6.42 Å². The van der Waals surface area contributed by atoms with E-state index >= 15 is 0 Å². The molecule has 0 spiro atoms. The highest BCUT2D eigenvalue weighted by Gasteiger charge is 2.23. The van der Waals surface area contributed by atoms with Crippen LogP contribution in [0.4, 0.5) is 0 Å². The van der Waals surface area contributed by atoms with Crippen LogP contribution >= 0.6 is 0 Å². The van der Waals surface area contributed by atoms with Gasteiger partial charge in [-0.1, -0.05) is 13.0 Å². The van der Waals surface area contributed by atoms with Crippen molar-refractivity contribution >= 4 is 0 Å². The van der Waals surface area contributed by atoms with Gasteiger partial charge in [0, 0.05) is 13.0 Å². The predicted octanol–water partition coefficient (Wildman–Crippen LogP) is 2.12. The lowest BCUT2D eigenvalue weighted by Crippen LogP contribution is -2.38. The normalized spacial score (nSPS) is 15.7. The number of aliphatic hydroxyl groups is 1. The van der Waals surface area contributed by atoms with E-state index in [1.165, 1.54) is 5.56 Å². The van der Waals surface area contributed by atoms with Gasteiger partial charge in [0.15, 0.2) is 11.5 Å². The third-order valence-corrected chi connectivity index (χ3v) is 3.13. The molecule has 1 aromatic carbocycles. The molecule has 0 radical (unpaired) electrons. The maximum absolute atomic E-state index is 9.94. The Labute approximate surface area is 115 Å². The molecule has 0 bridgehead atoms. The lowest BCUT2D eigenvalue weighted by molar-refractivity contribution is 0.0231. The van der Waals surface area contributed by atoms with E-state index in [1.54, 1.807) is 14.0 Å². The molecule has 108 valence electrons. The predicted molar refractivity (Wildman–Crippen MR) is 76.8 cm³/mol. The highest BCUT2D eigenvalue weighted by Crippen LogP contribution is 2.30. The quantitative estimate of drug-likeness (QED) is 0.794. The summed E-state index contributed by atoms with van der Waals surface area (Å²) >= 11 is 0. The lowest BCUT2D eigenvalue weighted by atomic mass is 9.99. The molecule has 0 saturated carbocycles. The molecule has 0 aliphatic carbocycles. The number of benzene rings is 1. The van der Waals surface area contributed by atoms with Crippen LogP contribution in [0, 0.1) is 0 Å². The first-order valence-corrected chi connectivity index (χ1v) is 6.68. The van der Waals surface area contributed by atoms with E-state index < -0.39 is 5.60 Å². The van der Waals surface area contributed by atoms with Gasteiger partial charge in [-0.3, -0.25) is 0 Å². The molecule has 19 heavy (non-hydrogen) atoms. The van der Waals surface area contributed by atoms with Crippen LogP contribution < -0.4 is 15.2 Å². The Morgan fingerprint density at radius 2 is 2.05 bits per heavy atom. The average Bonchev–Trinajstić information content (AvgIpc) is 2.38. The van der Waals surface area contributed by atoms with E-state index in [0.717, 1.165) is 12.2 Å². The second kappa shape index (κ2) is 6.78. The number of hydrogen-bond donors (Lipinski definition) is 2. The Balaban J connectivity index is 2.76. The Bertz CT molecular complexity index is 404. The summed E-state index contributed by atoms with van der Waals surface area (Å²) < 4.78 is 11.2. The van der Waals surface area contributed by atoms with Gasteiger partial charge in [-0.05, 0) is 38.0 Å². The van der Waals surface area contributed by atoms with E-state index in [4.69, 9.17) is 15.2 Å². The second-order valence-corrected chi connectivity index (χ2v) is 5.17. The molecule has 0 aromatic heterocycles. The standard InChI is InChI=1S/C15H25NO3/c1-5-12-6-7-13(14(8-12)18-4)19-11(2)9-15(3,17)10-16/h6-8,11,17H,5,9-10,16H2,1-4H3. The maximum atomic E-state index is 9.94. The minimum absolute atomic E-state index is 0.139. The Hall–Kier alpha value is -1.26. The fourth-order valence-corrected chi connectivity index (χ4v) is 1.99. The number of methoxy groups -OCH3 is 1. The van der Waals surface area contributed by atoms with Crippen molar-refractivity contribution in [3.05, 3.63) is 23.8 Å². The summed E-state index contributed by atoms with van der Waals surface area (Å²) in [6.07, 6.45) is 1.29. The molecule has 0 aliphatic heterocycles. The number of rotatable bonds is 7. The van der Waals surface area contributed by atoms with Crippen molar-refractivity contribution in [3.63, 3.8) is 0 Å². The maximum Gasteiger partial charge on any atom is 0.161 e. The molecule has 2 unspecified atom stereocenters. The molecule has 1 rings (SSSR count). The van der Waals surface area contributed by atoms with Crippen molar-refractivity contribution in [1.29, 1.82) is 0 Å². The first kappa shape index (κ1) is 15.8. The fraction of sp³-hybridized carbons (Fsp3) is 0.600. The van der Waals surface area contributed by atoms with Crippen LogP contribution in [-0.4, -0.2) is 30.5 Å². The van der Waals surface area contributed by atoms with E-state index in [-0.39, 0.29) is 12.6 Å². The summed E-state index contributed by atoms with van der Waals surface area (Å²) in [5, 5.41) is 9.94. The molecule has 0 fully saturated rings. The van der Waals surface area contributed by atoms with Crippen molar-refractivity contribution < 1.29 is 14.6 Å². The third kappa shape index (κ3) is 4.73. The molecule has 0 saturated heterocycles. The topological polar surface area (TPSA) is 64.7 Å². The summed E-state index contributed by atoms with van der Waals surface area (Å²) in [5.41, 5.74) is 5.80. The zero-order chi connectivity index (χ0) is 14.5. The van der Waals surface area contributed by atoms with E-state index in [0.29, 0.717) is 12.2 Å². The molecule has 4 nitrogen and oxygen atoms in total. The lowest BCUT2D eigenvalue weighted by Gasteiger charge is -2.26. The van der Waals surface area contributed by atoms with Gasteiger partial charge in [-0.25, -0.2) is 0 Å². The highest BCUT2D eigenvalue weighted by molar-refractivity contribution is 5.43. The summed E-state index contributed by atoms with van der Waals surface area (Å²) in [5.74, 6) is 1.42. The minimum atomic E-state index is -0.907. The first-order valence-electron chi connectivity index (χ1n) is 6.68. The summed E-state index contributed by atoms with van der Waals surface area (Å²) in [4.78, 5) is 0. The summed E-state index contributed by atoms with van der Waals surface area (Å²) in [6.45, 7) is 5.94. The zero-order valence-corrected chi connectivity index (χ0v) is 12.3. The summed E-state index contributed by atoms with van der Waals surface area (Å²) in [6, 6.07) is 5.90. The average molecular weight is 267 g/mol. The minimum Gasteiger partial charge on any atom is -0.493 e. The second-order valence-electron chi connectivity index (χ2n) is 5.17. The van der Waals surface area contributed by atoms with Crippen LogP contribution in [0.1, 0.15) is 32.8 Å². The smallest absolute Gasteiger partial charge is 0.161 e. The van der Waals surface area contributed by atoms with Crippen LogP contribution in [0.5, 0.6) is 11.5 Å². The van der Waals surface area contributed by atoms with Gasteiger partial charge in [-0.2, -0.15) is 0 Å². The number of nitrogens with two attached hydrogens (primary N) is 1. The third-order valence-electron chi connectivity index (χ3n) is 3.13. The van der Waals surface area contributed by atoms with Crippen molar-refractivity contribution in [2.75, 3.05) is 13.7 Å². The Morgan fingerprint density at radius 3 is 2.58 bits per heavy atom. The molecule has 1 aromatic rings. The summed E-state index contributed by atoms with van der Waals surface area (Å²) in [7, 11) is 1.63. The molecule has 4 heteroatoms. The van der Waals surface area contributed by atoms with E-state index in [1.807, 2.05) is 25.1 Å². The fourth-order valence-electron chi connectivity index (χ4n) is 1.99. The molecule has 2 atom stereocenters. The van der Waals surface area contributed by atoms with E-state index in [9.17, 15) is 5.11 Å². The Kier molecular flexibility index (Phi) is 5.63. The van der Waals surface area contributed by atoms with Crippen LogP contribution in [0.15, 0.2) is 18.2 Å². The SMILES string of the molecule is CCc1ccc(OC(C)CC(C)(O)CN)c(OC)c1. The van der Waals surface area contributed by atoms with Gasteiger partial charge in [-0.15, -0.1) is 0 Å². The van der Waals surface area contributed by atoms with Crippen molar-refractivity contribution in [2.24, 2.45) is 5.73 Å². The van der Waals surface area contributed by atoms with Crippen molar-refractivity contribution in [3.8, 4) is 11.5 Å². The van der Waals surface area contributed by atoms with Crippen molar-refractivity contribution in [1.82, 2.24) is 0 Å². The highest BCUT2D eigenvalue weighted by atomic mass is 16.5. The number of hydrogen-bond acceptors (Lipinski definition) is 4. The monoisotopic (exact) mass is 267 g/mol. The van der Waals surface area contributed by atoms with Gasteiger partial charge in [0.2, 0.25) is 0 Å². The van der Waals surface area contributed by atoms with Gasteiger partial charge < -0.3 is 20.3 Å². The largest absolute Gasteiger partial charge is 0.493 e. The number of aryl methyl sites for hydroxylation is 1. The zero-order valence-electron chi connectivity index (χ0n) is 12.3. The van der Waals surface area contributed by atoms with Crippen LogP contribution in [0.3, 0.4) is 0 Å². The molecule has 3 N–H and O–H groups in total. The van der Waals surface area contributed by atoms with Gasteiger partial charge in [0.1, 0.15) is 0 Å². The van der Waals surface area contributed by atoms with Crippen molar-refractivity contribution in [2.45, 2.75) is 45.3 Å². The molecule has 0 aliphatic rings. The molecule has 0 amide bonds. The van der Waals surface area contributed by atoms with Crippen LogP contribution in [0.25, 0.3) is 0 Å². The van der Waals surface area contributed by atoms with Gasteiger partial charge >= 0.3 is 0 Å². The van der Waals surface area contributed by atoms with E-state index in [2.05, 4.69) is 6.92 Å². The molecular weight excluding hydrogens is 242 g/mol. The van der Waals surface area contributed by atoms with Crippen LogP contribution in [0.2, 0.25) is 0 Å². The van der Waals surface area contributed by atoms with Gasteiger partial charge in [0.05, 0.1) is 18.8 Å². The molecule has 0 heterocycles. The van der Waals surface area contributed by atoms with Gasteiger partial charge in [0.25, 0.3) is 0 Å². The first-order chi connectivity index (χ1) is 8.91. The number of ether oxygens (including phenoxy) is 2. The molecular formula is C15H25NO3.